The summed E-state index contributed by atoms with van der Waals surface area (Å²) in [4.78, 5) is 0. The van der Waals surface area contributed by atoms with Crippen LogP contribution in [0.4, 0.5) is 4.39 Å². The summed E-state index contributed by atoms with van der Waals surface area (Å²) in [6, 6.07) is 0. The lowest BCUT2D eigenvalue weighted by Crippen LogP contribution is -2.62. The van der Waals surface area contributed by atoms with Crippen LogP contribution in [0.5, 0.6) is 0 Å². The molecular formula is C12H17FO3. The molecule has 0 N–H and O–H groups in total. The number of hydrogen-bond donors (Lipinski definition) is 0. The van der Waals surface area contributed by atoms with Crippen LogP contribution < -0.4 is 0 Å². The average molecular weight is 228 g/mol. The van der Waals surface area contributed by atoms with E-state index >= 15 is 0 Å². The van der Waals surface area contributed by atoms with Gasteiger partial charge in [0, 0.05) is 11.3 Å². The molecule has 90 valence electrons. The molecular weight excluding hydrogens is 211 g/mol. The Hall–Kier alpha value is -0.450. The molecule has 16 heavy (non-hydrogen) atoms. The molecule has 0 amide bonds. The Morgan fingerprint density at radius 2 is 1.88 bits per heavy atom. The molecule has 1 aliphatic carbocycles. The second-order valence-electron chi connectivity index (χ2n) is 5.40. The predicted molar refractivity (Wildman–Crippen MR) is 55.2 cm³/mol. The lowest BCUT2D eigenvalue weighted by atomic mass is 9.86. The van der Waals surface area contributed by atoms with E-state index in [9.17, 15) is 4.39 Å². The standard InChI is InChI=1S/C12H17FO3/c1-11-6-14-12(15-7-11,16-8-11)9-2-4-10(13)5-3-9/h4,9H,2-3,5-8H2,1H3. The lowest BCUT2D eigenvalue weighted by molar-refractivity contribution is -0.484. The van der Waals surface area contributed by atoms with E-state index in [1.54, 1.807) is 6.08 Å². The van der Waals surface area contributed by atoms with Gasteiger partial charge in [-0.1, -0.05) is 13.0 Å². The summed E-state index contributed by atoms with van der Waals surface area (Å²) in [7, 11) is 0. The zero-order valence-electron chi connectivity index (χ0n) is 9.50. The van der Waals surface area contributed by atoms with Gasteiger partial charge in [0.2, 0.25) is 0 Å². The van der Waals surface area contributed by atoms with Gasteiger partial charge in [-0.3, -0.25) is 0 Å². The van der Waals surface area contributed by atoms with Gasteiger partial charge in [-0.25, -0.2) is 4.39 Å². The van der Waals surface area contributed by atoms with Gasteiger partial charge >= 0.3 is 0 Å². The van der Waals surface area contributed by atoms with Gasteiger partial charge in [-0.2, -0.15) is 0 Å². The highest BCUT2D eigenvalue weighted by atomic mass is 19.1. The molecule has 3 saturated heterocycles. The quantitative estimate of drug-likeness (QED) is 0.689. The maximum Gasteiger partial charge on any atom is 0.286 e. The Kier molecular flexibility index (Phi) is 2.35. The number of rotatable bonds is 1. The Labute approximate surface area is 94.6 Å². The fraction of sp³-hybridized carbons (Fsp3) is 0.833. The molecule has 0 aromatic heterocycles. The zero-order valence-corrected chi connectivity index (χ0v) is 9.50. The van der Waals surface area contributed by atoms with Crippen molar-refractivity contribution in [3.8, 4) is 0 Å². The van der Waals surface area contributed by atoms with Crippen molar-refractivity contribution in [2.75, 3.05) is 19.8 Å². The summed E-state index contributed by atoms with van der Waals surface area (Å²) in [6.45, 7) is 4.12. The summed E-state index contributed by atoms with van der Waals surface area (Å²) in [6.07, 6.45) is 3.47. The SMILES string of the molecule is CC12COC(C3CC=C(F)CC3)(OC1)OC2. The van der Waals surface area contributed by atoms with Gasteiger partial charge in [-0.15, -0.1) is 0 Å². The predicted octanol–water partition coefficient (Wildman–Crippen LogP) is 2.38. The second kappa shape index (κ2) is 3.52. The van der Waals surface area contributed by atoms with Crippen LogP contribution in [0.2, 0.25) is 0 Å². The first-order valence-corrected chi connectivity index (χ1v) is 5.88. The number of fused-ring (bicyclic) bond motifs is 3. The molecule has 3 aliphatic heterocycles. The molecule has 3 fully saturated rings. The molecule has 0 saturated carbocycles. The Balaban J connectivity index is 1.75. The first-order valence-electron chi connectivity index (χ1n) is 5.88. The van der Waals surface area contributed by atoms with Crippen LogP contribution in [0, 0.1) is 11.3 Å². The van der Waals surface area contributed by atoms with E-state index < -0.39 is 5.97 Å². The van der Waals surface area contributed by atoms with Crippen LogP contribution in [0.3, 0.4) is 0 Å². The molecule has 3 nitrogen and oxygen atoms in total. The van der Waals surface area contributed by atoms with E-state index in [-0.39, 0.29) is 17.2 Å². The molecule has 0 radical (unpaired) electrons. The normalized spacial score (nSPS) is 47.9. The van der Waals surface area contributed by atoms with Gasteiger partial charge in [-0.05, 0) is 19.3 Å². The Bertz CT molecular complexity index is 302. The van der Waals surface area contributed by atoms with E-state index in [0.717, 1.165) is 6.42 Å². The Morgan fingerprint density at radius 3 is 2.38 bits per heavy atom. The molecule has 0 spiro atoms. The van der Waals surface area contributed by atoms with Gasteiger partial charge in [0.1, 0.15) is 0 Å². The maximum atomic E-state index is 13.0. The minimum atomic E-state index is -0.894. The molecule has 3 heterocycles. The molecule has 4 aliphatic rings. The van der Waals surface area contributed by atoms with Crippen LogP contribution in [-0.2, 0) is 14.2 Å². The van der Waals surface area contributed by atoms with E-state index in [2.05, 4.69) is 6.92 Å². The van der Waals surface area contributed by atoms with E-state index in [0.29, 0.717) is 32.7 Å². The minimum Gasteiger partial charge on any atom is -0.326 e. The van der Waals surface area contributed by atoms with Crippen molar-refractivity contribution in [2.24, 2.45) is 11.3 Å². The number of hydrogen-bond acceptors (Lipinski definition) is 3. The van der Waals surface area contributed by atoms with Crippen LogP contribution in [0.1, 0.15) is 26.2 Å². The fourth-order valence-corrected chi connectivity index (χ4v) is 2.55. The second-order valence-corrected chi connectivity index (χ2v) is 5.40. The summed E-state index contributed by atoms with van der Waals surface area (Å²) in [5.74, 6) is -0.796. The van der Waals surface area contributed by atoms with E-state index in [1.807, 2.05) is 0 Å². The minimum absolute atomic E-state index is 0.00247. The van der Waals surface area contributed by atoms with Crippen molar-refractivity contribution in [3.63, 3.8) is 0 Å². The van der Waals surface area contributed by atoms with Gasteiger partial charge in [0.25, 0.3) is 5.97 Å². The maximum absolute atomic E-state index is 13.0. The topological polar surface area (TPSA) is 27.7 Å². The summed E-state index contributed by atoms with van der Waals surface area (Å²) in [5.41, 5.74) is -0.00247. The lowest BCUT2D eigenvalue weighted by Gasteiger charge is -2.53. The molecule has 4 heteroatoms. The molecule has 1 unspecified atom stereocenters. The van der Waals surface area contributed by atoms with Crippen molar-refractivity contribution in [3.05, 3.63) is 11.9 Å². The summed E-state index contributed by atoms with van der Waals surface area (Å²) < 4.78 is 30.2. The monoisotopic (exact) mass is 228 g/mol. The van der Waals surface area contributed by atoms with Gasteiger partial charge < -0.3 is 14.2 Å². The van der Waals surface area contributed by atoms with Crippen molar-refractivity contribution in [1.29, 1.82) is 0 Å². The first kappa shape index (κ1) is 10.7. The third kappa shape index (κ3) is 1.60. The zero-order chi connectivity index (χ0) is 11.2. The third-order valence-corrected chi connectivity index (χ3v) is 3.72. The van der Waals surface area contributed by atoms with Gasteiger partial charge in [0.05, 0.1) is 25.6 Å². The Morgan fingerprint density at radius 1 is 1.25 bits per heavy atom. The fourth-order valence-electron chi connectivity index (χ4n) is 2.55. The van der Waals surface area contributed by atoms with Crippen LogP contribution >= 0.6 is 0 Å². The third-order valence-electron chi connectivity index (χ3n) is 3.72. The average Bonchev–Trinajstić information content (AvgIpc) is 2.31. The molecule has 2 bridgehead atoms. The highest BCUT2D eigenvalue weighted by molar-refractivity contribution is 5.01. The first-order chi connectivity index (χ1) is 7.62. The molecule has 1 atom stereocenters. The number of halogens is 1. The highest BCUT2D eigenvalue weighted by Gasteiger charge is 2.54. The van der Waals surface area contributed by atoms with Crippen LogP contribution in [0.25, 0.3) is 0 Å². The van der Waals surface area contributed by atoms with E-state index in [4.69, 9.17) is 14.2 Å². The number of allylic oxidation sites excluding steroid dienone is 2. The summed E-state index contributed by atoms with van der Waals surface area (Å²) in [5, 5.41) is 0. The van der Waals surface area contributed by atoms with Crippen LogP contribution in [-0.4, -0.2) is 25.8 Å². The number of ether oxygens (including phenoxy) is 3. The van der Waals surface area contributed by atoms with Gasteiger partial charge in [0.15, 0.2) is 0 Å². The smallest absolute Gasteiger partial charge is 0.286 e. The van der Waals surface area contributed by atoms with E-state index in [1.165, 1.54) is 0 Å². The van der Waals surface area contributed by atoms with Crippen molar-refractivity contribution in [1.82, 2.24) is 0 Å². The van der Waals surface area contributed by atoms with Crippen molar-refractivity contribution >= 4 is 0 Å². The van der Waals surface area contributed by atoms with Crippen LogP contribution in [0.15, 0.2) is 11.9 Å². The summed E-state index contributed by atoms with van der Waals surface area (Å²) >= 11 is 0. The van der Waals surface area contributed by atoms with Crippen molar-refractivity contribution in [2.45, 2.75) is 32.2 Å². The molecule has 0 aromatic carbocycles. The molecule has 0 aromatic rings. The van der Waals surface area contributed by atoms with Crippen molar-refractivity contribution < 1.29 is 18.6 Å². The molecule has 4 rings (SSSR count). The highest BCUT2D eigenvalue weighted by Crippen LogP contribution is 2.45. The largest absolute Gasteiger partial charge is 0.326 e.